The minimum absolute atomic E-state index is 0.0488. The third kappa shape index (κ3) is 4.63. The van der Waals surface area contributed by atoms with Gasteiger partial charge >= 0.3 is 0 Å². The number of nitrogens with one attached hydrogen (secondary N) is 1. The first-order chi connectivity index (χ1) is 15.0. The number of carbonyl (C=O) groups is 2. The zero-order valence-electron chi connectivity index (χ0n) is 18.5. The van der Waals surface area contributed by atoms with Gasteiger partial charge in [0.2, 0.25) is 11.8 Å². The molecule has 1 aromatic heterocycles. The van der Waals surface area contributed by atoms with E-state index in [2.05, 4.69) is 27.4 Å². The van der Waals surface area contributed by atoms with E-state index in [9.17, 15) is 9.59 Å². The lowest BCUT2D eigenvalue weighted by Crippen LogP contribution is -2.56. The first kappa shape index (κ1) is 21.5. The molecule has 4 rings (SSSR count). The van der Waals surface area contributed by atoms with Crippen LogP contribution in [-0.2, 0) is 16.0 Å². The van der Waals surface area contributed by atoms with Crippen molar-refractivity contribution < 1.29 is 9.59 Å². The Bertz CT molecular complexity index is 926. The smallest absolute Gasteiger partial charge is 0.228 e. The molecule has 2 amide bonds. The van der Waals surface area contributed by atoms with E-state index in [-0.39, 0.29) is 23.8 Å². The van der Waals surface area contributed by atoms with Crippen LogP contribution in [0.3, 0.4) is 0 Å². The Hall–Kier alpha value is -2.76. The van der Waals surface area contributed by atoms with Crippen LogP contribution in [-0.4, -0.2) is 45.8 Å². The summed E-state index contributed by atoms with van der Waals surface area (Å²) >= 11 is 0. The topological polar surface area (TPSA) is 75.2 Å². The molecular formula is C25H32N4O2. The predicted molar refractivity (Wildman–Crippen MR) is 120 cm³/mol. The fourth-order valence-electron chi connectivity index (χ4n) is 4.82. The lowest BCUT2D eigenvalue weighted by atomic mass is 9.72. The Morgan fingerprint density at radius 1 is 1.16 bits per heavy atom. The summed E-state index contributed by atoms with van der Waals surface area (Å²) in [5, 5.41) is 3.15. The summed E-state index contributed by atoms with van der Waals surface area (Å²) in [6, 6.07) is 8.21. The van der Waals surface area contributed by atoms with E-state index < -0.39 is 5.41 Å². The van der Waals surface area contributed by atoms with Gasteiger partial charge in [0.25, 0.3) is 0 Å². The van der Waals surface area contributed by atoms with Crippen molar-refractivity contribution in [2.45, 2.75) is 58.4 Å². The molecule has 6 heteroatoms. The van der Waals surface area contributed by atoms with Crippen LogP contribution in [0.5, 0.6) is 0 Å². The Labute approximate surface area is 184 Å². The summed E-state index contributed by atoms with van der Waals surface area (Å²) in [5.74, 6) is 0.433. The minimum atomic E-state index is -0.631. The molecule has 31 heavy (non-hydrogen) atoms. The summed E-state index contributed by atoms with van der Waals surface area (Å²) < 4.78 is 0. The molecule has 6 nitrogen and oxygen atoms in total. The number of piperidine rings is 1. The molecule has 164 valence electrons. The quantitative estimate of drug-likeness (QED) is 0.775. The molecule has 0 radical (unpaired) electrons. The van der Waals surface area contributed by atoms with Gasteiger partial charge in [-0.2, -0.15) is 0 Å². The predicted octanol–water partition coefficient (Wildman–Crippen LogP) is 3.62. The van der Waals surface area contributed by atoms with Crippen molar-refractivity contribution in [3.63, 3.8) is 0 Å². The lowest BCUT2D eigenvalue weighted by molar-refractivity contribution is -0.146. The normalized spacial score (nSPS) is 21.6. The van der Waals surface area contributed by atoms with Gasteiger partial charge in [0.05, 0.1) is 5.41 Å². The van der Waals surface area contributed by atoms with Crippen LogP contribution in [0, 0.1) is 11.3 Å². The number of amides is 2. The van der Waals surface area contributed by atoms with Crippen molar-refractivity contribution in [3.05, 3.63) is 48.5 Å². The van der Waals surface area contributed by atoms with Gasteiger partial charge in [-0.25, -0.2) is 9.97 Å². The van der Waals surface area contributed by atoms with Crippen molar-refractivity contribution in [1.82, 2.24) is 20.2 Å². The molecule has 0 bridgehead atoms. The minimum Gasteiger partial charge on any atom is -0.353 e. The maximum atomic E-state index is 13.5. The highest BCUT2D eigenvalue weighted by molar-refractivity contribution is 5.86. The number of nitrogens with zero attached hydrogens (tertiary/aromatic N) is 3. The second-order valence-corrected chi connectivity index (χ2v) is 9.36. The van der Waals surface area contributed by atoms with E-state index in [0.717, 1.165) is 55.3 Å². The van der Waals surface area contributed by atoms with Crippen LogP contribution in [0.2, 0.25) is 0 Å². The average Bonchev–Trinajstić information content (AvgIpc) is 2.73. The largest absolute Gasteiger partial charge is 0.353 e. The zero-order valence-corrected chi connectivity index (χ0v) is 18.5. The molecule has 1 aromatic carbocycles. The highest BCUT2D eigenvalue weighted by Gasteiger charge is 2.45. The van der Waals surface area contributed by atoms with Gasteiger partial charge in [-0.15, -0.1) is 0 Å². The van der Waals surface area contributed by atoms with E-state index in [1.807, 2.05) is 30.9 Å². The maximum Gasteiger partial charge on any atom is 0.228 e. The second kappa shape index (κ2) is 9.16. The van der Waals surface area contributed by atoms with Gasteiger partial charge in [-0.1, -0.05) is 30.7 Å². The van der Waals surface area contributed by atoms with E-state index in [0.29, 0.717) is 13.0 Å². The molecule has 2 heterocycles. The summed E-state index contributed by atoms with van der Waals surface area (Å²) in [6.07, 6.45) is 10.4. The summed E-state index contributed by atoms with van der Waals surface area (Å²) in [4.78, 5) is 36.9. The highest BCUT2D eigenvalue weighted by Crippen LogP contribution is 2.39. The van der Waals surface area contributed by atoms with Gasteiger partial charge in [0.1, 0.15) is 6.33 Å². The Morgan fingerprint density at radius 3 is 2.58 bits per heavy atom. The summed E-state index contributed by atoms with van der Waals surface area (Å²) in [6.45, 7) is 5.21. The van der Waals surface area contributed by atoms with Crippen molar-refractivity contribution in [1.29, 1.82) is 0 Å². The van der Waals surface area contributed by atoms with Crippen molar-refractivity contribution in [3.8, 4) is 11.1 Å². The molecule has 2 aromatic rings. The molecule has 1 atom stereocenters. The molecule has 0 spiro atoms. The monoisotopic (exact) mass is 420 g/mol. The second-order valence-electron chi connectivity index (χ2n) is 9.36. The van der Waals surface area contributed by atoms with Crippen LogP contribution in [0.4, 0.5) is 0 Å². The van der Waals surface area contributed by atoms with E-state index >= 15 is 0 Å². The molecule has 1 N–H and O–H groups in total. The maximum absolute atomic E-state index is 13.5. The fraction of sp³-hybridized carbons (Fsp3) is 0.520. The van der Waals surface area contributed by atoms with Crippen LogP contribution in [0.25, 0.3) is 11.1 Å². The first-order valence-electron chi connectivity index (χ1n) is 11.4. The summed E-state index contributed by atoms with van der Waals surface area (Å²) in [7, 11) is 0. The molecular weight excluding hydrogens is 388 g/mol. The molecule has 1 aliphatic heterocycles. The fourth-order valence-corrected chi connectivity index (χ4v) is 4.82. The van der Waals surface area contributed by atoms with Gasteiger partial charge in [0.15, 0.2) is 0 Å². The molecule has 1 aliphatic carbocycles. The van der Waals surface area contributed by atoms with Crippen LogP contribution in [0.15, 0.2) is 43.0 Å². The number of aromatic nitrogens is 2. The first-order valence-corrected chi connectivity index (χ1v) is 11.4. The van der Waals surface area contributed by atoms with Crippen molar-refractivity contribution >= 4 is 11.8 Å². The SMILES string of the molecule is CC(C)NC(=O)C1(Cc2ccccc2-c2cncnc2)CCCN(C(=O)C2CCC2)C1. The highest BCUT2D eigenvalue weighted by atomic mass is 16.2. The number of hydrogen-bond acceptors (Lipinski definition) is 4. The van der Waals surface area contributed by atoms with Gasteiger partial charge in [0, 0.05) is 43.0 Å². The molecule has 1 saturated heterocycles. The number of benzene rings is 1. The van der Waals surface area contributed by atoms with Crippen molar-refractivity contribution in [2.75, 3.05) is 13.1 Å². The number of rotatable bonds is 6. The van der Waals surface area contributed by atoms with Crippen LogP contribution >= 0.6 is 0 Å². The molecule has 2 fully saturated rings. The number of hydrogen-bond donors (Lipinski definition) is 1. The van der Waals surface area contributed by atoms with Crippen LogP contribution < -0.4 is 5.32 Å². The van der Waals surface area contributed by atoms with Crippen molar-refractivity contribution in [2.24, 2.45) is 11.3 Å². The average molecular weight is 421 g/mol. The molecule has 2 aliphatic rings. The Morgan fingerprint density at radius 2 is 1.90 bits per heavy atom. The van der Waals surface area contributed by atoms with E-state index in [4.69, 9.17) is 0 Å². The zero-order chi connectivity index (χ0) is 21.8. The molecule has 1 saturated carbocycles. The number of likely N-dealkylation sites (tertiary alicyclic amines) is 1. The van der Waals surface area contributed by atoms with E-state index in [1.165, 1.54) is 6.33 Å². The van der Waals surface area contributed by atoms with Gasteiger partial charge in [-0.3, -0.25) is 9.59 Å². The third-order valence-corrected chi connectivity index (χ3v) is 6.66. The van der Waals surface area contributed by atoms with Gasteiger partial charge in [-0.05, 0) is 57.1 Å². The Kier molecular flexibility index (Phi) is 6.35. The third-order valence-electron chi connectivity index (χ3n) is 6.66. The Balaban J connectivity index is 1.66. The van der Waals surface area contributed by atoms with Gasteiger partial charge < -0.3 is 10.2 Å². The lowest BCUT2D eigenvalue weighted by Gasteiger charge is -2.44. The molecule has 1 unspecified atom stereocenters. The number of carbonyl (C=O) groups excluding carboxylic acids is 2. The van der Waals surface area contributed by atoms with E-state index in [1.54, 1.807) is 12.4 Å². The standard InChI is InChI=1S/C25H32N4O2/c1-18(2)28-24(31)25(11-6-12-29(16-25)23(30)19-8-5-9-19)13-20-7-3-4-10-22(20)21-14-26-17-27-15-21/h3-4,7,10,14-15,17-19H,5-6,8-9,11-13,16H2,1-2H3,(H,28,31). The van der Waals surface area contributed by atoms with Crippen LogP contribution in [0.1, 0.15) is 51.5 Å². The summed E-state index contributed by atoms with van der Waals surface area (Å²) in [5.41, 5.74) is 2.44.